The standard InChI is InChI=1S/C20H20N4O2/c1-14-12-24-13-15(9-10-18(24)22-14)23-19(25)17-8-5-11-21-20(17)26-16-6-3-2-4-7-16/h2-8,11-12,15H,9-10,13H2,1H3,(H,23,25)/t15-/m0/s1. The van der Waals surface area contributed by atoms with Crippen LogP contribution >= 0.6 is 0 Å². The Hall–Kier alpha value is -3.15. The van der Waals surface area contributed by atoms with Gasteiger partial charge in [-0.3, -0.25) is 4.79 Å². The molecule has 1 amide bonds. The summed E-state index contributed by atoms with van der Waals surface area (Å²) in [6.07, 6.45) is 5.38. The molecule has 0 saturated heterocycles. The van der Waals surface area contributed by atoms with E-state index in [1.54, 1.807) is 18.3 Å². The van der Waals surface area contributed by atoms with Crippen LogP contribution in [0.5, 0.6) is 11.6 Å². The van der Waals surface area contributed by atoms with Crippen molar-refractivity contribution in [3.8, 4) is 11.6 Å². The highest BCUT2D eigenvalue weighted by molar-refractivity contribution is 5.96. The second kappa shape index (κ2) is 7.00. The Balaban J connectivity index is 1.49. The van der Waals surface area contributed by atoms with Gasteiger partial charge in [-0.15, -0.1) is 0 Å². The highest BCUT2D eigenvalue weighted by atomic mass is 16.5. The Morgan fingerprint density at radius 3 is 2.92 bits per heavy atom. The summed E-state index contributed by atoms with van der Waals surface area (Å²) in [6, 6.07) is 12.9. The van der Waals surface area contributed by atoms with E-state index in [1.807, 2.05) is 43.5 Å². The number of nitrogens with zero attached hydrogens (tertiary/aromatic N) is 3. The molecule has 1 aliphatic heterocycles. The van der Waals surface area contributed by atoms with Gasteiger partial charge in [0.05, 0.1) is 5.69 Å². The Bertz CT molecular complexity index is 921. The Morgan fingerprint density at radius 2 is 2.08 bits per heavy atom. The third-order valence-electron chi connectivity index (χ3n) is 4.42. The van der Waals surface area contributed by atoms with Crippen molar-refractivity contribution >= 4 is 5.91 Å². The minimum absolute atomic E-state index is 0.0633. The summed E-state index contributed by atoms with van der Waals surface area (Å²) in [5.74, 6) is 1.87. The normalized spacial score (nSPS) is 16.0. The zero-order valence-electron chi connectivity index (χ0n) is 14.6. The number of rotatable bonds is 4. The van der Waals surface area contributed by atoms with Gasteiger partial charge in [-0.05, 0) is 37.6 Å². The van der Waals surface area contributed by atoms with E-state index < -0.39 is 0 Å². The van der Waals surface area contributed by atoms with E-state index >= 15 is 0 Å². The average molecular weight is 348 g/mol. The fourth-order valence-electron chi connectivity index (χ4n) is 3.21. The average Bonchev–Trinajstić information content (AvgIpc) is 3.02. The monoisotopic (exact) mass is 348 g/mol. The zero-order chi connectivity index (χ0) is 17.9. The number of hydrogen-bond donors (Lipinski definition) is 1. The maximum Gasteiger partial charge on any atom is 0.257 e. The third-order valence-corrected chi connectivity index (χ3v) is 4.42. The van der Waals surface area contributed by atoms with Crippen molar-refractivity contribution < 1.29 is 9.53 Å². The maximum absolute atomic E-state index is 12.8. The quantitative estimate of drug-likeness (QED) is 0.786. The van der Waals surface area contributed by atoms with E-state index in [0.717, 1.165) is 30.9 Å². The van der Waals surface area contributed by atoms with Gasteiger partial charge >= 0.3 is 0 Å². The molecule has 1 aromatic carbocycles. The molecule has 4 rings (SSSR count). The molecule has 0 bridgehead atoms. The highest BCUT2D eigenvalue weighted by Gasteiger charge is 2.23. The molecule has 3 heterocycles. The Labute approximate surface area is 151 Å². The maximum atomic E-state index is 12.8. The molecule has 0 saturated carbocycles. The number of carbonyl (C=O) groups is 1. The second-order valence-corrected chi connectivity index (χ2v) is 6.43. The molecule has 0 aliphatic carbocycles. The first-order chi connectivity index (χ1) is 12.7. The van der Waals surface area contributed by atoms with Crippen LogP contribution in [0.3, 0.4) is 0 Å². The largest absolute Gasteiger partial charge is 0.438 e. The topological polar surface area (TPSA) is 69.0 Å². The van der Waals surface area contributed by atoms with E-state index in [4.69, 9.17) is 4.74 Å². The molecule has 0 unspecified atom stereocenters. The molecule has 1 N–H and O–H groups in total. The fraction of sp³-hybridized carbons (Fsp3) is 0.250. The van der Waals surface area contributed by atoms with E-state index in [9.17, 15) is 4.79 Å². The highest BCUT2D eigenvalue weighted by Crippen LogP contribution is 2.23. The van der Waals surface area contributed by atoms with Gasteiger partial charge in [0.25, 0.3) is 5.91 Å². The van der Waals surface area contributed by atoms with Crippen molar-refractivity contribution in [1.82, 2.24) is 19.9 Å². The summed E-state index contributed by atoms with van der Waals surface area (Å²) in [5, 5.41) is 3.10. The van der Waals surface area contributed by atoms with Gasteiger partial charge in [0, 0.05) is 31.4 Å². The zero-order valence-corrected chi connectivity index (χ0v) is 14.6. The van der Waals surface area contributed by atoms with Gasteiger partial charge in [-0.25, -0.2) is 9.97 Å². The van der Waals surface area contributed by atoms with Crippen LogP contribution in [-0.4, -0.2) is 26.5 Å². The number of fused-ring (bicyclic) bond motifs is 1. The van der Waals surface area contributed by atoms with Crippen LogP contribution in [0.1, 0.15) is 28.3 Å². The number of carbonyl (C=O) groups excluding carboxylic acids is 1. The number of ether oxygens (including phenoxy) is 1. The van der Waals surface area contributed by atoms with Gasteiger partial charge < -0.3 is 14.6 Å². The number of nitrogens with one attached hydrogen (secondary N) is 1. The molecule has 26 heavy (non-hydrogen) atoms. The van der Waals surface area contributed by atoms with Gasteiger partial charge in [-0.1, -0.05) is 18.2 Å². The van der Waals surface area contributed by atoms with Crippen LogP contribution in [-0.2, 0) is 13.0 Å². The van der Waals surface area contributed by atoms with Gasteiger partial charge in [0.1, 0.15) is 17.1 Å². The summed E-state index contributed by atoms with van der Waals surface area (Å²) in [7, 11) is 0. The van der Waals surface area contributed by atoms with Crippen LogP contribution in [0.15, 0.2) is 54.9 Å². The van der Waals surface area contributed by atoms with Crippen molar-refractivity contribution in [3.05, 3.63) is 71.9 Å². The molecule has 1 aliphatic rings. The lowest BCUT2D eigenvalue weighted by atomic mass is 10.1. The van der Waals surface area contributed by atoms with Crippen molar-refractivity contribution in [3.63, 3.8) is 0 Å². The van der Waals surface area contributed by atoms with E-state index in [0.29, 0.717) is 17.2 Å². The predicted molar refractivity (Wildman–Crippen MR) is 97.3 cm³/mol. The van der Waals surface area contributed by atoms with Crippen LogP contribution in [0, 0.1) is 6.92 Å². The van der Waals surface area contributed by atoms with E-state index in [1.165, 1.54) is 0 Å². The number of aromatic nitrogens is 3. The molecule has 1 atom stereocenters. The van der Waals surface area contributed by atoms with Crippen LogP contribution in [0.4, 0.5) is 0 Å². The number of para-hydroxylation sites is 1. The second-order valence-electron chi connectivity index (χ2n) is 6.43. The third kappa shape index (κ3) is 3.44. The molecule has 3 aromatic rings. The van der Waals surface area contributed by atoms with Crippen molar-refractivity contribution in [2.45, 2.75) is 32.4 Å². The van der Waals surface area contributed by atoms with Crippen molar-refractivity contribution in [1.29, 1.82) is 0 Å². The number of aryl methyl sites for hydroxylation is 2. The first kappa shape index (κ1) is 16.3. The molecular formula is C20H20N4O2. The van der Waals surface area contributed by atoms with E-state index in [-0.39, 0.29) is 11.9 Å². The smallest absolute Gasteiger partial charge is 0.257 e. The number of benzene rings is 1. The lowest BCUT2D eigenvalue weighted by Gasteiger charge is -2.25. The minimum atomic E-state index is -0.172. The number of pyridine rings is 1. The summed E-state index contributed by atoms with van der Waals surface area (Å²) < 4.78 is 7.91. The number of hydrogen-bond acceptors (Lipinski definition) is 4. The van der Waals surface area contributed by atoms with E-state index in [2.05, 4.69) is 19.9 Å². The minimum Gasteiger partial charge on any atom is -0.438 e. The van der Waals surface area contributed by atoms with Crippen molar-refractivity contribution in [2.75, 3.05) is 0 Å². The van der Waals surface area contributed by atoms with Gasteiger partial charge in [0.2, 0.25) is 5.88 Å². The van der Waals surface area contributed by atoms with Crippen LogP contribution < -0.4 is 10.1 Å². The lowest BCUT2D eigenvalue weighted by Crippen LogP contribution is -2.41. The molecule has 0 spiro atoms. The molecule has 6 nitrogen and oxygen atoms in total. The summed E-state index contributed by atoms with van der Waals surface area (Å²) in [5.41, 5.74) is 1.45. The fourth-order valence-corrected chi connectivity index (χ4v) is 3.21. The Morgan fingerprint density at radius 1 is 1.23 bits per heavy atom. The molecule has 0 fully saturated rings. The number of amides is 1. The van der Waals surface area contributed by atoms with Crippen molar-refractivity contribution in [2.24, 2.45) is 0 Å². The lowest BCUT2D eigenvalue weighted by molar-refractivity contribution is 0.0924. The predicted octanol–water partition coefficient (Wildman–Crippen LogP) is 3.12. The first-order valence-electron chi connectivity index (χ1n) is 8.70. The molecular weight excluding hydrogens is 328 g/mol. The molecule has 2 aromatic heterocycles. The molecule has 6 heteroatoms. The molecule has 0 radical (unpaired) electrons. The molecule has 132 valence electrons. The van der Waals surface area contributed by atoms with Crippen LogP contribution in [0.2, 0.25) is 0 Å². The number of imidazole rings is 1. The van der Waals surface area contributed by atoms with Gasteiger partial charge in [-0.2, -0.15) is 0 Å². The van der Waals surface area contributed by atoms with Crippen LogP contribution in [0.25, 0.3) is 0 Å². The summed E-state index contributed by atoms with van der Waals surface area (Å²) in [6.45, 7) is 2.72. The SMILES string of the molecule is Cc1cn2c(n1)CC[C@H](NC(=O)c1cccnc1Oc1ccccc1)C2. The first-order valence-corrected chi connectivity index (χ1v) is 8.70. The summed E-state index contributed by atoms with van der Waals surface area (Å²) >= 11 is 0. The van der Waals surface area contributed by atoms with Gasteiger partial charge in [0.15, 0.2) is 0 Å². The summed E-state index contributed by atoms with van der Waals surface area (Å²) in [4.78, 5) is 21.5. The Kier molecular flexibility index (Phi) is 4.39.